The second-order valence-electron chi connectivity index (χ2n) is 4.17. The molecule has 0 aliphatic heterocycles. The fourth-order valence-electron chi connectivity index (χ4n) is 1.56. The predicted octanol–water partition coefficient (Wildman–Crippen LogP) is 1.99. The monoisotopic (exact) mass is 282 g/mol. The topological polar surface area (TPSA) is 86.3 Å². The van der Waals surface area contributed by atoms with Crippen molar-refractivity contribution in [2.24, 2.45) is 10.9 Å². The number of nitrogens with zero attached hydrogens (tertiary/aromatic N) is 1. The minimum absolute atomic E-state index is 0.0257. The van der Waals surface area contributed by atoms with Gasteiger partial charge in [-0.1, -0.05) is 18.5 Å². The molecule has 1 aromatic rings. The Balaban J connectivity index is 2.53. The smallest absolute Gasteiger partial charge is 0.170 e. The highest BCUT2D eigenvalue weighted by molar-refractivity contribution is 5.97. The normalized spacial score (nSPS) is 11.4. The summed E-state index contributed by atoms with van der Waals surface area (Å²) in [4.78, 5) is 0. The summed E-state index contributed by atoms with van der Waals surface area (Å²) in [5.74, 6) is 1.15. The average molecular weight is 282 g/mol. The van der Waals surface area contributed by atoms with E-state index in [0.717, 1.165) is 19.4 Å². The molecular formula is C14H22N2O4. The predicted molar refractivity (Wildman–Crippen MR) is 76.7 cm³/mol. The van der Waals surface area contributed by atoms with E-state index in [0.29, 0.717) is 30.3 Å². The zero-order valence-corrected chi connectivity index (χ0v) is 12.0. The molecule has 6 nitrogen and oxygen atoms in total. The third-order valence-corrected chi connectivity index (χ3v) is 2.69. The van der Waals surface area contributed by atoms with Crippen molar-refractivity contribution in [2.75, 3.05) is 26.9 Å². The lowest BCUT2D eigenvalue weighted by atomic mass is 10.2. The van der Waals surface area contributed by atoms with Crippen LogP contribution in [-0.2, 0) is 4.74 Å². The number of oxime groups is 1. The molecule has 20 heavy (non-hydrogen) atoms. The Morgan fingerprint density at radius 1 is 1.25 bits per heavy atom. The van der Waals surface area contributed by atoms with Crippen LogP contribution in [0.2, 0.25) is 0 Å². The molecule has 0 fully saturated rings. The first-order valence-corrected chi connectivity index (χ1v) is 6.59. The fourth-order valence-corrected chi connectivity index (χ4v) is 1.56. The molecule has 0 aliphatic rings. The van der Waals surface area contributed by atoms with Gasteiger partial charge in [0.2, 0.25) is 0 Å². The Kier molecular flexibility index (Phi) is 7.27. The first-order valence-electron chi connectivity index (χ1n) is 6.59. The lowest BCUT2D eigenvalue weighted by Crippen LogP contribution is -2.13. The molecule has 112 valence electrons. The van der Waals surface area contributed by atoms with Gasteiger partial charge in [0.15, 0.2) is 17.3 Å². The minimum atomic E-state index is 0.0257. The van der Waals surface area contributed by atoms with E-state index < -0.39 is 0 Å². The summed E-state index contributed by atoms with van der Waals surface area (Å²) in [5.41, 5.74) is 6.09. The molecule has 0 aromatic heterocycles. The molecule has 0 amide bonds. The van der Waals surface area contributed by atoms with Crippen LogP contribution in [0.5, 0.6) is 11.5 Å². The molecule has 1 aromatic carbocycles. The van der Waals surface area contributed by atoms with Gasteiger partial charge in [-0.2, -0.15) is 0 Å². The van der Waals surface area contributed by atoms with E-state index >= 15 is 0 Å². The van der Waals surface area contributed by atoms with Crippen molar-refractivity contribution in [3.8, 4) is 11.5 Å². The first kappa shape index (κ1) is 16.1. The van der Waals surface area contributed by atoms with Crippen LogP contribution in [0, 0.1) is 0 Å². The summed E-state index contributed by atoms with van der Waals surface area (Å²) in [6.07, 6.45) is 2.17. The Labute approximate surface area is 119 Å². The molecular weight excluding hydrogens is 260 g/mol. The van der Waals surface area contributed by atoms with E-state index in [4.69, 9.17) is 25.2 Å². The van der Waals surface area contributed by atoms with Gasteiger partial charge in [0.25, 0.3) is 0 Å². The standard InChI is InChI=1S/C14H22N2O4/c1-3-4-7-19-8-9-20-12-6-5-11(14(15)16-17)10-13(12)18-2/h5-6,10,17H,3-4,7-9H2,1-2H3,(H2,15,16). The molecule has 0 radical (unpaired) electrons. The second kappa shape index (κ2) is 9.03. The van der Waals surface area contributed by atoms with Crippen molar-refractivity contribution in [1.82, 2.24) is 0 Å². The zero-order valence-electron chi connectivity index (χ0n) is 12.0. The molecule has 0 bridgehead atoms. The number of amidine groups is 1. The third kappa shape index (κ3) is 4.97. The molecule has 0 heterocycles. The molecule has 0 unspecified atom stereocenters. The van der Waals surface area contributed by atoms with E-state index in [9.17, 15) is 0 Å². The molecule has 6 heteroatoms. The molecule has 0 saturated carbocycles. The number of methoxy groups -OCH3 is 1. The van der Waals surface area contributed by atoms with E-state index in [-0.39, 0.29) is 5.84 Å². The summed E-state index contributed by atoms with van der Waals surface area (Å²) >= 11 is 0. The number of ether oxygens (including phenoxy) is 3. The maximum Gasteiger partial charge on any atom is 0.170 e. The molecule has 0 atom stereocenters. The largest absolute Gasteiger partial charge is 0.493 e. The van der Waals surface area contributed by atoms with Crippen molar-refractivity contribution < 1.29 is 19.4 Å². The van der Waals surface area contributed by atoms with Crippen LogP contribution in [0.25, 0.3) is 0 Å². The van der Waals surface area contributed by atoms with Gasteiger partial charge in [0, 0.05) is 12.2 Å². The van der Waals surface area contributed by atoms with Crippen molar-refractivity contribution in [3.63, 3.8) is 0 Å². The van der Waals surface area contributed by atoms with Crippen LogP contribution in [0.1, 0.15) is 25.3 Å². The first-order chi connectivity index (χ1) is 9.72. The van der Waals surface area contributed by atoms with Crippen LogP contribution >= 0.6 is 0 Å². The van der Waals surface area contributed by atoms with Crippen molar-refractivity contribution >= 4 is 5.84 Å². The van der Waals surface area contributed by atoms with Crippen molar-refractivity contribution in [1.29, 1.82) is 0 Å². The van der Waals surface area contributed by atoms with E-state index in [2.05, 4.69) is 12.1 Å². The Morgan fingerprint density at radius 3 is 2.70 bits per heavy atom. The number of nitrogens with two attached hydrogens (primary N) is 1. The van der Waals surface area contributed by atoms with Crippen LogP contribution < -0.4 is 15.2 Å². The quantitative estimate of drug-likeness (QED) is 0.238. The summed E-state index contributed by atoms with van der Waals surface area (Å²) in [7, 11) is 1.54. The molecule has 1 rings (SSSR count). The highest BCUT2D eigenvalue weighted by Crippen LogP contribution is 2.27. The number of rotatable bonds is 9. The van der Waals surface area contributed by atoms with Crippen LogP contribution in [-0.4, -0.2) is 38.0 Å². The molecule has 0 spiro atoms. The number of hydrogen-bond acceptors (Lipinski definition) is 5. The van der Waals surface area contributed by atoms with Gasteiger partial charge in [-0.25, -0.2) is 0 Å². The van der Waals surface area contributed by atoms with Gasteiger partial charge in [-0.15, -0.1) is 0 Å². The number of benzene rings is 1. The van der Waals surface area contributed by atoms with Crippen LogP contribution in [0.4, 0.5) is 0 Å². The van der Waals surface area contributed by atoms with E-state index in [1.165, 1.54) is 7.11 Å². The second-order valence-corrected chi connectivity index (χ2v) is 4.17. The van der Waals surface area contributed by atoms with Gasteiger partial charge in [0.05, 0.1) is 13.7 Å². The summed E-state index contributed by atoms with van der Waals surface area (Å²) in [5, 5.41) is 11.6. The minimum Gasteiger partial charge on any atom is -0.493 e. The van der Waals surface area contributed by atoms with E-state index in [1.807, 2.05) is 0 Å². The van der Waals surface area contributed by atoms with Crippen molar-refractivity contribution in [2.45, 2.75) is 19.8 Å². The lowest BCUT2D eigenvalue weighted by Gasteiger charge is -2.12. The van der Waals surface area contributed by atoms with E-state index in [1.54, 1.807) is 18.2 Å². The Hall–Kier alpha value is -1.95. The highest BCUT2D eigenvalue weighted by atomic mass is 16.5. The number of hydrogen-bond donors (Lipinski definition) is 2. The summed E-state index contributed by atoms with van der Waals surface area (Å²) in [6.45, 7) is 3.85. The fraction of sp³-hybridized carbons (Fsp3) is 0.500. The van der Waals surface area contributed by atoms with Gasteiger partial charge in [0.1, 0.15) is 6.61 Å². The summed E-state index contributed by atoms with van der Waals surface area (Å²) in [6, 6.07) is 5.07. The highest BCUT2D eigenvalue weighted by Gasteiger charge is 2.08. The zero-order chi connectivity index (χ0) is 14.8. The molecule has 0 saturated heterocycles. The number of unbranched alkanes of at least 4 members (excludes halogenated alkanes) is 1. The SMILES string of the molecule is CCCCOCCOc1ccc(C(N)=NO)cc1OC. The maximum absolute atomic E-state index is 8.64. The third-order valence-electron chi connectivity index (χ3n) is 2.69. The Morgan fingerprint density at radius 2 is 2.05 bits per heavy atom. The average Bonchev–Trinajstić information content (AvgIpc) is 2.50. The van der Waals surface area contributed by atoms with Gasteiger partial charge in [-0.3, -0.25) is 0 Å². The van der Waals surface area contributed by atoms with Gasteiger partial charge >= 0.3 is 0 Å². The van der Waals surface area contributed by atoms with Crippen LogP contribution in [0.15, 0.2) is 23.4 Å². The van der Waals surface area contributed by atoms with Gasteiger partial charge < -0.3 is 25.2 Å². The molecule has 3 N–H and O–H groups in total. The van der Waals surface area contributed by atoms with Crippen LogP contribution in [0.3, 0.4) is 0 Å². The Bertz CT molecular complexity index is 435. The molecule has 0 aliphatic carbocycles. The summed E-state index contributed by atoms with van der Waals surface area (Å²) < 4.78 is 16.2. The van der Waals surface area contributed by atoms with Gasteiger partial charge in [-0.05, 0) is 24.6 Å². The van der Waals surface area contributed by atoms with Crippen molar-refractivity contribution in [3.05, 3.63) is 23.8 Å². The maximum atomic E-state index is 8.64. The lowest BCUT2D eigenvalue weighted by molar-refractivity contribution is 0.0970.